The highest BCUT2D eigenvalue weighted by atomic mass is 16.6. The van der Waals surface area contributed by atoms with E-state index in [-0.39, 0.29) is 17.3 Å². The first-order valence-electron chi connectivity index (χ1n) is 8.19. The van der Waals surface area contributed by atoms with Gasteiger partial charge in [-0.3, -0.25) is 4.79 Å². The summed E-state index contributed by atoms with van der Waals surface area (Å²) in [5, 5.41) is 10.5. The molecule has 0 unspecified atom stereocenters. The van der Waals surface area contributed by atoms with Crippen molar-refractivity contribution in [2.24, 2.45) is 0 Å². The van der Waals surface area contributed by atoms with E-state index in [4.69, 9.17) is 18.9 Å². The SMILES string of the molecule is COc1cc(C(=O)/C=C/c2ccc3c(c2)OCCO3)ccc1OCC(=O)[O-]. The number of rotatable bonds is 7. The Hall–Kier alpha value is -3.48. The second kappa shape index (κ2) is 8.27. The van der Waals surface area contributed by atoms with E-state index in [1.165, 1.54) is 31.4 Å². The molecular formula is C20H17O7-. The highest BCUT2D eigenvalue weighted by Crippen LogP contribution is 2.31. The molecule has 7 nitrogen and oxygen atoms in total. The summed E-state index contributed by atoms with van der Waals surface area (Å²) in [7, 11) is 1.40. The van der Waals surface area contributed by atoms with E-state index >= 15 is 0 Å². The van der Waals surface area contributed by atoms with Crippen molar-refractivity contribution in [3.63, 3.8) is 0 Å². The van der Waals surface area contributed by atoms with Crippen LogP contribution in [-0.4, -0.2) is 38.7 Å². The topological polar surface area (TPSA) is 94.1 Å². The zero-order chi connectivity index (χ0) is 19.2. The first-order valence-corrected chi connectivity index (χ1v) is 8.19. The number of hydrogen-bond donors (Lipinski definition) is 0. The third-order valence-corrected chi connectivity index (χ3v) is 3.79. The molecule has 0 N–H and O–H groups in total. The summed E-state index contributed by atoms with van der Waals surface area (Å²) < 4.78 is 21.2. The molecule has 0 aliphatic carbocycles. The van der Waals surface area contributed by atoms with Crippen molar-refractivity contribution >= 4 is 17.8 Å². The molecule has 1 aliphatic heterocycles. The minimum Gasteiger partial charge on any atom is -0.546 e. The Morgan fingerprint density at radius 1 is 1.07 bits per heavy atom. The Kier molecular flexibility index (Phi) is 5.61. The Labute approximate surface area is 155 Å². The highest BCUT2D eigenvalue weighted by Gasteiger charge is 2.12. The Bertz CT molecular complexity index is 886. The summed E-state index contributed by atoms with van der Waals surface area (Å²) in [5.41, 5.74) is 1.18. The van der Waals surface area contributed by atoms with Crippen LogP contribution in [0, 0.1) is 0 Å². The highest BCUT2D eigenvalue weighted by molar-refractivity contribution is 6.07. The van der Waals surface area contributed by atoms with Gasteiger partial charge in [-0.05, 0) is 42.0 Å². The van der Waals surface area contributed by atoms with Gasteiger partial charge in [0.1, 0.15) is 19.8 Å². The second-order valence-corrected chi connectivity index (χ2v) is 5.63. The smallest absolute Gasteiger partial charge is 0.185 e. The molecule has 3 rings (SSSR count). The van der Waals surface area contributed by atoms with Crippen LogP contribution in [0.1, 0.15) is 15.9 Å². The number of ether oxygens (including phenoxy) is 4. The molecule has 0 fully saturated rings. The van der Waals surface area contributed by atoms with Gasteiger partial charge in [-0.15, -0.1) is 0 Å². The van der Waals surface area contributed by atoms with Crippen LogP contribution in [0.25, 0.3) is 6.08 Å². The molecule has 140 valence electrons. The van der Waals surface area contributed by atoms with E-state index in [1.807, 2.05) is 6.07 Å². The average molecular weight is 369 g/mol. The number of carbonyl (C=O) groups excluding carboxylic acids is 2. The number of aliphatic carboxylic acids is 1. The van der Waals surface area contributed by atoms with Crippen LogP contribution in [0.2, 0.25) is 0 Å². The molecule has 0 saturated heterocycles. The molecule has 0 spiro atoms. The van der Waals surface area contributed by atoms with Crippen LogP contribution < -0.4 is 24.1 Å². The Balaban J connectivity index is 1.73. The molecule has 2 aromatic carbocycles. The van der Waals surface area contributed by atoms with Gasteiger partial charge in [0.25, 0.3) is 0 Å². The number of methoxy groups -OCH3 is 1. The summed E-state index contributed by atoms with van der Waals surface area (Å²) in [4.78, 5) is 22.9. The number of ketones is 1. The molecule has 0 aromatic heterocycles. The lowest BCUT2D eigenvalue weighted by Gasteiger charge is -2.18. The van der Waals surface area contributed by atoms with Crippen molar-refractivity contribution in [2.75, 3.05) is 26.9 Å². The quantitative estimate of drug-likeness (QED) is 0.539. The minimum absolute atomic E-state index is 0.217. The molecule has 2 aromatic rings. The normalized spacial score (nSPS) is 12.6. The van der Waals surface area contributed by atoms with Gasteiger partial charge < -0.3 is 28.8 Å². The standard InChI is InChI=1S/C20H18O7/c1-24-18-11-14(4-7-16(18)27-12-20(22)23)15(21)5-2-13-3-6-17-19(10-13)26-9-8-25-17/h2-7,10-11H,8-9,12H2,1H3,(H,22,23)/p-1/b5-2+. The number of carboxylic acids is 1. The predicted molar refractivity (Wildman–Crippen MR) is 94.3 cm³/mol. The van der Waals surface area contributed by atoms with Crippen molar-refractivity contribution in [3.8, 4) is 23.0 Å². The number of hydrogen-bond acceptors (Lipinski definition) is 7. The van der Waals surface area contributed by atoms with Crippen molar-refractivity contribution in [1.82, 2.24) is 0 Å². The molecule has 27 heavy (non-hydrogen) atoms. The predicted octanol–water partition coefficient (Wildman–Crippen LogP) is 1.49. The van der Waals surface area contributed by atoms with Gasteiger partial charge in [0.2, 0.25) is 0 Å². The van der Waals surface area contributed by atoms with Crippen molar-refractivity contribution in [3.05, 3.63) is 53.6 Å². The molecule has 0 amide bonds. The van der Waals surface area contributed by atoms with E-state index < -0.39 is 12.6 Å². The number of allylic oxidation sites excluding steroid dienone is 1. The summed E-state index contributed by atoms with van der Waals surface area (Å²) in [6.07, 6.45) is 3.11. The van der Waals surface area contributed by atoms with Crippen LogP contribution in [0.15, 0.2) is 42.5 Å². The summed E-state index contributed by atoms with van der Waals surface area (Å²) in [6, 6.07) is 9.92. The maximum atomic E-state index is 12.4. The van der Waals surface area contributed by atoms with E-state index in [1.54, 1.807) is 18.2 Å². The zero-order valence-corrected chi connectivity index (χ0v) is 14.6. The number of benzene rings is 2. The molecule has 0 saturated carbocycles. The lowest BCUT2D eigenvalue weighted by Crippen LogP contribution is -2.29. The summed E-state index contributed by atoms with van der Waals surface area (Å²) in [6.45, 7) is 0.407. The van der Waals surface area contributed by atoms with Gasteiger partial charge in [-0.1, -0.05) is 12.1 Å². The van der Waals surface area contributed by atoms with Gasteiger partial charge in [0.05, 0.1) is 13.1 Å². The third-order valence-electron chi connectivity index (χ3n) is 3.79. The van der Waals surface area contributed by atoms with Gasteiger partial charge in [0, 0.05) is 5.56 Å². The Morgan fingerprint density at radius 3 is 2.59 bits per heavy atom. The van der Waals surface area contributed by atoms with Crippen LogP contribution >= 0.6 is 0 Å². The van der Waals surface area contributed by atoms with Crippen molar-refractivity contribution in [1.29, 1.82) is 0 Å². The molecule has 1 aliphatic rings. The van der Waals surface area contributed by atoms with Crippen LogP contribution in [-0.2, 0) is 4.79 Å². The first kappa shape index (κ1) is 18.3. The van der Waals surface area contributed by atoms with E-state index in [0.717, 1.165) is 5.56 Å². The molecule has 0 bridgehead atoms. The number of carbonyl (C=O) groups is 2. The van der Waals surface area contributed by atoms with Crippen molar-refractivity contribution in [2.45, 2.75) is 0 Å². The maximum absolute atomic E-state index is 12.4. The fourth-order valence-corrected chi connectivity index (χ4v) is 2.51. The van der Waals surface area contributed by atoms with Gasteiger partial charge in [0.15, 0.2) is 28.8 Å². The van der Waals surface area contributed by atoms with E-state index in [0.29, 0.717) is 30.3 Å². The Morgan fingerprint density at radius 2 is 1.85 bits per heavy atom. The summed E-state index contributed by atoms with van der Waals surface area (Å²) >= 11 is 0. The molecular weight excluding hydrogens is 352 g/mol. The number of carboxylic acid groups (broad SMARTS) is 1. The van der Waals surface area contributed by atoms with Crippen LogP contribution in [0.3, 0.4) is 0 Å². The lowest BCUT2D eigenvalue weighted by atomic mass is 10.1. The first-order chi connectivity index (χ1) is 13.1. The number of fused-ring (bicyclic) bond motifs is 1. The maximum Gasteiger partial charge on any atom is 0.185 e. The van der Waals surface area contributed by atoms with E-state index in [9.17, 15) is 14.7 Å². The van der Waals surface area contributed by atoms with Gasteiger partial charge in [-0.2, -0.15) is 0 Å². The minimum atomic E-state index is -1.35. The molecule has 0 atom stereocenters. The summed E-state index contributed by atoms with van der Waals surface area (Å²) in [5.74, 6) is 0.214. The molecule has 0 radical (unpaired) electrons. The second-order valence-electron chi connectivity index (χ2n) is 5.63. The zero-order valence-electron chi connectivity index (χ0n) is 14.6. The van der Waals surface area contributed by atoms with Gasteiger partial charge in [-0.25, -0.2) is 0 Å². The fourth-order valence-electron chi connectivity index (χ4n) is 2.51. The van der Waals surface area contributed by atoms with Gasteiger partial charge >= 0.3 is 0 Å². The monoisotopic (exact) mass is 369 g/mol. The molecule has 1 heterocycles. The van der Waals surface area contributed by atoms with E-state index in [2.05, 4.69) is 0 Å². The third kappa shape index (κ3) is 4.58. The largest absolute Gasteiger partial charge is 0.546 e. The van der Waals surface area contributed by atoms with Crippen LogP contribution in [0.4, 0.5) is 0 Å². The van der Waals surface area contributed by atoms with Crippen molar-refractivity contribution < 1.29 is 33.6 Å². The fraction of sp³-hybridized carbons (Fsp3) is 0.200. The van der Waals surface area contributed by atoms with Crippen LogP contribution in [0.5, 0.6) is 23.0 Å². The lowest BCUT2D eigenvalue weighted by molar-refractivity contribution is -0.307. The average Bonchev–Trinajstić information content (AvgIpc) is 2.70. The molecule has 7 heteroatoms.